The van der Waals surface area contributed by atoms with Gasteiger partial charge in [-0.2, -0.15) is 0 Å². The minimum atomic E-state index is -1.83. The van der Waals surface area contributed by atoms with Gasteiger partial charge in [-0.25, -0.2) is 4.79 Å². The van der Waals surface area contributed by atoms with E-state index in [1.54, 1.807) is 48.5 Å². The number of primary amides is 1. The zero-order valence-electron chi connectivity index (χ0n) is 21.8. The molecule has 0 aliphatic carbocycles. The number of piperidine rings is 1. The molecule has 3 aliphatic rings. The Balaban J connectivity index is 1.46. The molecule has 2 bridgehead atoms. The second kappa shape index (κ2) is 10.9. The molecule has 3 saturated heterocycles. The number of rotatable bonds is 9. The largest absolute Gasteiger partial charge is 0.458 e. The minimum Gasteiger partial charge on any atom is -0.458 e. The first kappa shape index (κ1) is 26.4. The molecule has 1 spiro atoms. The van der Waals surface area contributed by atoms with Gasteiger partial charge >= 0.3 is 11.9 Å². The first-order chi connectivity index (χ1) is 18.3. The SMILES string of the molecule is NC(=O)CC[C@H](N)C(=O)OC(C(=O)OC1CC2CCC(C1)[N+]21CCCC1)(c1ccccc1)c1ccccc1. The monoisotopic (exact) mass is 520 g/mol. The molecule has 5 rings (SSSR count). The van der Waals surface area contributed by atoms with Crippen LogP contribution < -0.4 is 11.5 Å². The van der Waals surface area contributed by atoms with Crippen molar-refractivity contribution in [3.8, 4) is 0 Å². The molecule has 3 fully saturated rings. The molecular formula is C30H38N3O5+. The molecule has 2 unspecified atom stereocenters. The third-order valence-corrected chi connectivity index (χ3v) is 8.94. The van der Waals surface area contributed by atoms with Gasteiger partial charge < -0.3 is 25.4 Å². The van der Waals surface area contributed by atoms with Crippen molar-refractivity contribution in [1.29, 1.82) is 0 Å². The highest BCUT2D eigenvalue weighted by Gasteiger charge is 2.57. The van der Waals surface area contributed by atoms with E-state index in [-0.39, 0.29) is 18.9 Å². The van der Waals surface area contributed by atoms with Gasteiger partial charge in [0.05, 0.1) is 25.2 Å². The van der Waals surface area contributed by atoms with E-state index in [0.717, 1.165) is 12.8 Å². The Hall–Kier alpha value is -3.23. The van der Waals surface area contributed by atoms with E-state index in [1.807, 2.05) is 12.1 Å². The zero-order chi connectivity index (χ0) is 26.8. The summed E-state index contributed by atoms with van der Waals surface area (Å²) in [5.41, 5.74) is 10.5. The second-order valence-electron chi connectivity index (χ2n) is 11.1. The second-order valence-corrected chi connectivity index (χ2v) is 11.1. The van der Waals surface area contributed by atoms with E-state index >= 15 is 0 Å². The number of ether oxygens (including phenoxy) is 2. The number of carbonyl (C=O) groups excluding carboxylic acids is 3. The van der Waals surface area contributed by atoms with Gasteiger partial charge in [0.15, 0.2) is 0 Å². The smallest absolute Gasteiger partial charge is 0.360 e. The standard InChI is InChI=1S/C30H37N3O5/c31-26(15-16-27(32)34)28(35)38-30(21-9-3-1-4-10-21,22-11-5-2-6-12-22)29(36)37-25-19-23-13-14-24(20-25)33(23)17-7-8-18-33/h1-6,9-12,23-26H,7-8,13-20,31H2,(H-,32,34)/p+1/t23?,24?,25?,26-/m0/s1. The molecule has 4 N–H and O–H groups in total. The summed E-state index contributed by atoms with van der Waals surface area (Å²) in [6.45, 7) is 2.46. The highest BCUT2D eigenvalue weighted by atomic mass is 16.6. The van der Waals surface area contributed by atoms with Crippen molar-refractivity contribution in [2.24, 2.45) is 11.5 Å². The summed E-state index contributed by atoms with van der Waals surface area (Å²) >= 11 is 0. The van der Waals surface area contributed by atoms with Crippen molar-refractivity contribution in [2.45, 2.75) is 81.2 Å². The van der Waals surface area contributed by atoms with Crippen LogP contribution >= 0.6 is 0 Å². The molecule has 2 aromatic carbocycles. The lowest BCUT2D eigenvalue weighted by atomic mass is 9.85. The molecule has 3 heterocycles. The maximum Gasteiger partial charge on any atom is 0.360 e. The molecule has 1 amide bonds. The van der Waals surface area contributed by atoms with Crippen LogP contribution in [0, 0.1) is 0 Å². The van der Waals surface area contributed by atoms with Gasteiger partial charge in [0.2, 0.25) is 5.91 Å². The minimum absolute atomic E-state index is 0.0227. The van der Waals surface area contributed by atoms with Crippen molar-refractivity contribution < 1.29 is 28.3 Å². The number of quaternary nitrogens is 1. The van der Waals surface area contributed by atoms with Gasteiger partial charge in [0.1, 0.15) is 12.1 Å². The lowest BCUT2D eigenvalue weighted by molar-refractivity contribution is -0.956. The number of esters is 2. The summed E-state index contributed by atoms with van der Waals surface area (Å²) in [6, 6.07) is 17.8. The Kier molecular flexibility index (Phi) is 7.54. The van der Waals surface area contributed by atoms with E-state index in [2.05, 4.69) is 0 Å². The van der Waals surface area contributed by atoms with Crippen molar-refractivity contribution in [1.82, 2.24) is 0 Å². The number of nitrogens with zero attached hydrogens (tertiary/aromatic N) is 1. The van der Waals surface area contributed by atoms with Crippen molar-refractivity contribution in [3.05, 3.63) is 71.8 Å². The maximum atomic E-state index is 14.3. The van der Waals surface area contributed by atoms with Crippen LogP contribution in [-0.4, -0.2) is 59.6 Å². The molecular weight excluding hydrogens is 482 g/mol. The summed E-state index contributed by atoms with van der Waals surface area (Å²) in [5, 5.41) is 0. The molecule has 3 atom stereocenters. The Morgan fingerprint density at radius 2 is 1.42 bits per heavy atom. The van der Waals surface area contributed by atoms with Gasteiger partial charge in [0.25, 0.3) is 5.60 Å². The molecule has 38 heavy (non-hydrogen) atoms. The number of nitrogens with two attached hydrogens (primary N) is 2. The highest BCUT2D eigenvalue weighted by Crippen LogP contribution is 2.47. The molecule has 3 aliphatic heterocycles. The van der Waals surface area contributed by atoms with Crippen LogP contribution in [0.5, 0.6) is 0 Å². The fourth-order valence-electron chi connectivity index (χ4n) is 7.09. The summed E-state index contributed by atoms with van der Waals surface area (Å²) < 4.78 is 13.6. The van der Waals surface area contributed by atoms with Gasteiger partial charge in [-0.15, -0.1) is 0 Å². The van der Waals surface area contributed by atoms with Crippen LogP contribution in [0.4, 0.5) is 0 Å². The van der Waals surface area contributed by atoms with Crippen LogP contribution in [0.25, 0.3) is 0 Å². The van der Waals surface area contributed by atoms with Crippen LogP contribution in [0.2, 0.25) is 0 Å². The first-order valence-corrected chi connectivity index (χ1v) is 13.8. The maximum absolute atomic E-state index is 14.3. The van der Waals surface area contributed by atoms with E-state index < -0.39 is 29.5 Å². The van der Waals surface area contributed by atoms with Gasteiger partial charge in [-0.3, -0.25) is 9.59 Å². The summed E-state index contributed by atoms with van der Waals surface area (Å²) in [5.74, 6) is -1.97. The molecule has 2 aromatic rings. The average Bonchev–Trinajstić information content (AvgIpc) is 3.47. The molecule has 8 heteroatoms. The quantitative estimate of drug-likeness (QED) is 0.387. The highest BCUT2D eigenvalue weighted by molar-refractivity contribution is 5.90. The van der Waals surface area contributed by atoms with Gasteiger partial charge in [-0.05, 0) is 6.42 Å². The third-order valence-electron chi connectivity index (χ3n) is 8.94. The van der Waals surface area contributed by atoms with Crippen LogP contribution in [-0.2, 0) is 29.5 Å². The molecule has 0 aromatic heterocycles. The number of hydrogen-bond acceptors (Lipinski definition) is 6. The van der Waals surface area contributed by atoms with Gasteiger partial charge in [-0.1, -0.05) is 60.7 Å². The van der Waals surface area contributed by atoms with E-state index in [1.165, 1.54) is 43.3 Å². The van der Waals surface area contributed by atoms with Gasteiger partial charge in [0, 0.05) is 56.1 Å². The predicted molar refractivity (Wildman–Crippen MR) is 141 cm³/mol. The van der Waals surface area contributed by atoms with Crippen LogP contribution in [0.1, 0.15) is 62.5 Å². The van der Waals surface area contributed by atoms with Crippen LogP contribution in [0.3, 0.4) is 0 Å². The van der Waals surface area contributed by atoms with Crippen molar-refractivity contribution in [2.75, 3.05) is 13.1 Å². The normalized spacial score (nSPS) is 24.6. The number of carbonyl (C=O) groups is 3. The summed E-state index contributed by atoms with van der Waals surface area (Å²) in [4.78, 5) is 38.8. The lowest BCUT2D eigenvalue weighted by Gasteiger charge is -2.47. The molecule has 0 saturated carbocycles. The third kappa shape index (κ3) is 4.83. The predicted octanol–water partition coefficient (Wildman–Crippen LogP) is 2.91. The Labute approximate surface area is 223 Å². The van der Waals surface area contributed by atoms with Crippen LogP contribution in [0.15, 0.2) is 60.7 Å². The number of benzene rings is 2. The Morgan fingerprint density at radius 3 is 1.92 bits per heavy atom. The van der Waals surface area contributed by atoms with E-state index in [9.17, 15) is 14.4 Å². The fourth-order valence-corrected chi connectivity index (χ4v) is 7.09. The Bertz CT molecular complexity index is 1090. The zero-order valence-corrected chi connectivity index (χ0v) is 21.8. The van der Waals surface area contributed by atoms with E-state index in [4.69, 9.17) is 20.9 Å². The Morgan fingerprint density at radius 1 is 0.895 bits per heavy atom. The topological polar surface area (TPSA) is 122 Å². The lowest BCUT2D eigenvalue weighted by Crippen LogP contribution is -2.60. The first-order valence-electron chi connectivity index (χ1n) is 13.8. The molecule has 8 nitrogen and oxygen atoms in total. The summed E-state index contributed by atoms with van der Waals surface area (Å²) in [7, 11) is 0. The molecule has 0 radical (unpaired) electrons. The van der Waals surface area contributed by atoms with E-state index in [0.29, 0.717) is 23.2 Å². The average molecular weight is 521 g/mol. The molecule has 202 valence electrons. The number of amides is 1. The fraction of sp³-hybridized carbons (Fsp3) is 0.500. The van der Waals surface area contributed by atoms with Crippen molar-refractivity contribution >= 4 is 17.8 Å². The number of hydrogen-bond donors (Lipinski definition) is 2. The van der Waals surface area contributed by atoms with Crippen molar-refractivity contribution in [3.63, 3.8) is 0 Å². The summed E-state index contributed by atoms with van der Waals surface area (Å²) in [6.07, 6.45) is 6.27.